The van der Waals surface area contributed by atoms with E-state index >= 15 is 0 Å². The Morgan fingerprint density at radius 2 is 2.11 bits per heavy atom. The molecule has 0 spiro atoms. The highest BCUT2D eigenvalue weighted by atomic mass is 79.9. The van der Waals surface area contributed by atoms with Crippen LogP contribution in [0.1, 0.15) is 18.8 Å². The van der Waals surface area contributed by atoms with E-state index in [4.69, 9.17) is 10.5 Å². The second-order valence-electron chi connectivity index (χ2n) is 3.93. The number of methoxy groups -OCH3 is 1. The third kappa shape index (κ3) is 2.68. The predicted molar refractivity (Wildman–Crippen MR) is 74.3 cm³/mol. The molecular weight excluding hydrogens is 294 g/mol. The van der Waals surface area contributed by atoms with Gasteiger partial charge >= 0.3 is 0 Å². The quantitative estimate of drug-likeness (QED) is 0.947. The summed E-state index contributed by atoms with van der Waals surface area (Å²) in [6.45, 7) is 1.86. The summed E-state index contributed by atoms with van der Waals surface area (Å²) in [5.74, 6) is 1.39. The first-order valence-electron chi connectivity index (χ1n) is 5.54. The number of hydrogen-bond acceptors (Lipinski definition) is 4. The molecule has 5 heteroatoms. The third-order valence-electron chi connectivity index (χ3n) is 2.52. The molecule has 0 bridgehead atoms. The third-order valence-corrected chi connectivity index (χ3v) is 3.01. The number of rotatable bonds is 3. The minimum atomic E-state index is -0.192. The van der Waals surface area contributed by atoms with E-state index in [2.05, 4.69) is 25.9 Å². The van der Waals surface area contributed by atoms with Crippen molar-refractivity contribution in [2.45, 2.75) is 13.0 Å². The highest BCUT2D eigenvalue weighted by Crippen LogP contribution is 2.31. The molecule has 1 unspecified atom stereocenters. The maximum Gasteiger partial charge on any atom is 0.145 e. The number of halogens is 1. The van der Waals surface area contributed by atoms with Crippen molar-refractivity contribution >= 4 is 15.9 Å². The summed E-state index contributed by atoms with van der Waals surface area (Å²) in [5.41, 5.74) is 7.51. The van der Waals surface area contributed by atoms with E-state index in [0.29, 0.717) is 5.82 Å². The Kier molecular flexibility index (Phi) is 3.93. The number of ether oxygens (including phenoxy) is 1. The lowest BCUT2D eigenvalue weighted by atomic mass is 10.1. The average molecular weight is 308 g/mol. The predicted octanol–water partition coefficient (Wildman–Crippen LogP) is 2.93. The van der Waals surface area contributed by atoms with Gasteiger partial charge in [-0.2, -0.15) is 0 Å². The summed E-state index contributed by atoms with van der Waals surface area (Å²) in [5, 5.41) is 0. The molecule has 0 aliphatic rings. The summed E-state index contributed by atoms with van der Waals surface area (Å²) < 4.78 is 6.31. The van der Waals surface area contributed by atoms with Gasteiger partial charge < -0.3 is 10.5 Å². The van der Waals surface area contributed by atoms with Crippen LogP contribution in [0, 0.1) is 0 Å². The molecule has 1 atom stereocenters. The van der Waals surface area contributed by atoms with Gasteiger partial charge in [0.2, 0.25) is 0 Å². The number of hydrogen-bond donors (Lipinski definition) is 1. The van der Waals surface area contributed by atoms with Gasteiger partial charge in [-0.15, -0.1) is 0 Å². The zero-order chi connectivity index (χ0) is 13.1. The van der Waals surface area contributed by atoms with Crippen LogP contribution in [0.4, 0.5) is 0 Å². The smallest absolute Gasteiger partial charge is 0.145 e. The first kappa shape index (κ1) is 13.0. The van der Waals surface area contributed by atoms with Gasteiger partial charge in [0.1, 0.15) is 11.6 Å². The van der Waals surface area contributed by atoms with Gasteiger partial charge in [0, 0.05) is 16.2 Å². The van der Waals surface area contributed by atoms with Gasteiger partial charge in [0.25, 0.3) is 0 Å². The standard InChI is InChI=1S/C13H14BrN3O/c1-8(15)13-16-6-5-11(17-13)10-7-9(14)3-4-12(10)18-2/h3-8H,15H2,1-2H3. The highest BCUT2D eigenvalue weighted by Gasteiger charge is 2.10. The zero-order valence-corrected chi connectivity index (χ0v) is 11.8. The Bertz CT molecular complexity index is 558. The molecule has 0 aliphatic carbocycles. The van der Waals surface area contributed by atoms with E-state index in [0.717, 1.165) is 21.5 Å². The van der Waals surface area contributed by atoms with Crippen LogP contribution < -0.4 is 10.5 Å². The Labute approximate surface area is 114 Å². The van der Waals surface area contributed by atoms with Crippen LogP contribution in [0.15, 0.2) is 34.9 Å². The number of benzene rings is 1. The Balaban J connectivity index is 2.54. The molecule has 2 aromatic rings. The normalized spacial score (nSPS) is 12.2. The molecule has 18 heavy (non-hydrogen) atoms. The molecule has 4 nitrogen and oxygen atoms in total. The molecule has 0 aliphatic heterocycles. The lowest BCUT2D eigenvalue weighted by molar-refractivity contribution is 0.416. The molecule has 2 N–H and O–H groups in total. The summed E-state index contributed by atoms with van der Waals surface area (Å²) in [4.78, 5) is 8.61. The van der Waals surface area contributed by atoms with Crippen molar-refractivity contribution in [2.24, 2.45) is 5.73 Å². The first-order valence-corrected chi connectivity index (χ1v) is 6.33. The second kappa shape index (κ2) is 5.46. The van der Waals surface area contributed by atoms with E-state index in [-0.39, 0.29) is 6.04 Å². The highest BCUT2D eigenvalue weighted by molar-refractivity contribution is 9.10. The van der Waals surface area contributed by atoms with Gasteiger partial charge in [0.05, 0.1) is 18.8 Å². The van der Waals surface area contributed by atoms with Crippen LogP contribution in [-0.4, -0.2) is 17.1 Å². The maximum absolute atomic E-state index is 5.80. The van der Waals surface area contributed by atoms with Crippen molar-refractivity contribution in [3.63, 3.8) is 0 Å². The minimum Gasteiger partial charge on any atom is -0.496 e. The molecule has 0 saturated carbocycles. The van der Waals surface area contributed by atoms with Crippen LogP contribution >= 0.6 is 15.9 Å². The van der Waals surface area contributed by atoms with Gasteiger partial charge in [-0.1, -0.05) is 15.9 Å². The van der Waals surface area contributed by atoms with Crippen LogP contribution in [0.3, 0.4) is 0 Å². The van der Waals surface area contributed by atoms with E-state index < -0.39 is 0 Å². The van der Waals surface area contributed by atoms with Gasteiger partial charge in [-0.3, -0.25) is 0 Å². The molecule has 1 heterocycles. The summed E-state index contributed by atoms with van der Waals surface area (Å²) in [6.07, 6.45) is 1.71. The van der Waals surface area contributed by atoms with Crippen LogP contribution in [0.2, 0.25) is 0 Å². The largest absolute Gasteiger partial charge is 0.496 e. The fourth-order valence-electron chi connectivity index (χ4n) is 1.62. The van der Waals surface area contributed by atoms with Crippen molar-refractivity contribution in [3.05, 3.63) is 40.8 Å². The number of nitrogens with zero attached hydrogens (tertiary/aromatic N) is 2. The second-order valence-corrected chi connectivity index (χ2v) is 4.85. The minimum absolute atomic E-state index is 0.192. The number of aromatic nitrogens is 2. The van der Waals surface area contributed by atoms with E-state index in [1.54, 1.807) is 13.3 Å². The maximum atomic E-state index is 5.80. The van der Waals surface area contributed by atoms with Crippen molar-refractivity contribution in [1.82, 2.24) is 9.97 Å². The van der Waals surface area contributed by atoms with Gasteiger partial charge in [0.15, 0.2) is 0 Å². The average Bonchev–Trinajstić information content (AvgIpc) is 2.39. The van der Waals surface area contributed by atoms with Crippen molar-refractivity contribution in [3.8, 4) is 17.0 Å². The van der Waals surface area contributed by atoms with Gasteiger partial charge in [-0.05, 0) is 31.2 Å². The summed E-state index contributed by atoms with van der Waals surface area (Å²) in [7, 11) is 1.64. The molecule has 0 radical (unpaired) electrons. The molecule has 1 aromatic heterocycles. The first-order chi connectivity index (χ1) is 8.61. The molecule has 0 saturated heterocycles. The molecule has 0 fully saturated rings. The fraction of sp³-hybridized carbons (Fsp3) is 0.231. The van der Waals surface area contributed by atoms with E-state index in [1.807, 2.05) is 31.2 Å². The molecule has 1 aromatic carbocycles. The van der Waals surface area contributed by atoms with Crippen molar-refractivity contribution in [1.29, 1.82) is 0 Å². The topological polar surface area (TPSA) is 61.0 Å². The van der Waals surface area contributed by atoms with Crippen molar-refractivity contribution < 1.29 is 4.74 Å². The zero-order valence-electron chi connectivity index (χ0n) is 10.2. The van der Waals surface area contributed by atoms with Crippen LogP contribution in [-0.2, 0) is 0 Å². The Morgan fingerprint density at radius 1 is 1.33 bits per heavy atom. The van der Waals surface area contributed by atoms with Gasteiger partial charge in [-0.25, -0.2) is 9.97 Å². The number of nitrogens with two attached hydrogens (primary N) is 1. The fourth-order valence-corrected chi connectivity index (χ4v) is 1.98. The Hall–Kier alpha value is -1.46. The molecule has 0 amide bonds. The summed E-state index contributed by atoms with van der Waals surface area (Å²) in [6, 6.07) is 7.44. The molecular formula is C13H14BrN3O. The van der Waals surface area contributed by atoms with E-state index in [1.165, 1.54) is 0 Å². The van der Waals surface area contributed by atoms with E-state index in [9.17, 15) is 0 Å². The Morgan fingerprint density at radius 3 is 2.78 bits per heavy atom. The lowest BCUT2D eigenvalue weighted by Gasteiger charge is -2.10. The SMILES string of the molecule is COc1ccc(Br)cc1-c1ccnc(C(C)N)n1. The molecule has 94 valence electrons. The van der Waals surface area contributed by atoms with Crippen molar-refractivity contribution in [2.75, 3.05) is 7.11 Å². The summed E-state index contributed by atoms with van der Waals surface area (Å²) >= 11 is 3.45. The van der Waals surface area contributed by atoms with Crippen LogP contribution in [0.5, 0.6) is 5.75 Å². The molecule has 2 rings (SSSR count). The monoisotopic (exact) mass is 307 g/mol. The van der Waals surface area contributed by atoms with Crippen LogP contribution in [0.25, 0.3) is 11.3 Å². The lowest BCUT2D eigenvalue weighted by Crippen LogP contribution is -2.10.